The Kier molecular flexibility index (Phi) is 8.14. The van der Waals surface area contributed by atoms with E-state index >= 15 is 0 Å². The average molecular weight is 508 g/mol. The van der Waals surface area contributed by atoms with Gasteiger partial charge in [-0.3, -0.25) is 24.3 Å². The summed E-state index contributed by atoms with van der Waals surface area (Å²) in [7, 11) is 0. The Balaban J connectivity index is 1.43. The van der Waals surface area contributed by atoms with E-state index in [1.54, 1.807) is 22.9 Å². The molecular formula is C26H33N7O4. The van der Waals surface area contributed by atoms with E-state index in [-0.39, 0.29) is 35.1 Å². The van der Waals surface area contributed by atoms with Crippen LogP contribution in [0.2, 0.25) is 0 Å². The molecule has 0 aliphatic carbocycles. The molecule has 0 radical (unpaired) electrons. The fourth-order valence-corrected chi connectivity index (χ4v) is 4.65. The third-order valence-electron chi connectivity index (χ3n) is 6.67. The van der Waals surface area contributed by atoms with E-state index < -0.39 is 11.3 Å². The lowest BCUT2D eigenvalue weighted by atomic mass is 10.1. The van der Waals surface area contributed by atoms with E-state index in [4.69, 9.17) is 16.2 Å². The van der Waals surface area contributed by atoms with Gasteiger partial charge in [0.1, 0.15) is 17.0 Å². The largest absolute Gasteiger partial charge is 0.384 e. The van der Waals surface area contributed by atoms with Crippen molar-refractivity contribution in [3.63, 3.8) is 0 Å². The molecular weight excluding hydrogens is 474 g/mol. The van der Waals surface area contributed by atoms with Crippen molar-refractivity contribution in [2.75, 3.05) is 38.6 Å². The molecule has 0 aromatic carbocycles. The minimum atomic E-state index is -0.860. The van der Waals surface area contributed by atoms with Gasteiger partial charge in [-0.15, -0.1) is 0 Å². The molecule has 3 aromatic heterocycles. The van der Waals surface area contributed by atoms with Gasteiger partial charge in [0.2, 0.25) is 11.3 Å². The van der Waals surface area contributed by atoms with Gasteiger partial charge in [0, 0.05) is 43.6 Å². The molecule has 4 rings (SSSR count). The van der Waals surface area contributed by atoms with Crippen LogP contribution in [0.3, 0.4) is 0 Å². The Bertz CT molecular complexity index is 1350. The number of carbonyl (C=O) groups excluding carboxylic acids is 2. The zero-order valence-corrected chi connectivity index (χ0v) is 21.2. The number of nitrogens with zero attached hydrogens (tertiary/aromatic N) is 4. The Labute approximate surface area is 214 Å². The number of primary amides is 1. The zero-order chi connectivity index (χ0) is 26.5. The number of likely N-dealkylation sites (N-methyl/N-ethyl adjacent to an activating group) is 1. The summed E-state index contributed by atoms with van der Waals surface area (Å²) in [5.74, 6) is -0.926. The molecule has 1 saturated heterocycles. The molecule has 1 unspecified atom stereocenters. The van der Waals surface area contributed by atoms with E-state index in [0.717, 1.165) is 25.3 Å². The molecule has 1 aliphatic heterocycles. The first-order chi connectivity index (χ1) is 17.8. The van der Waals surface area contributed by atoms with Gasteiger partial charge in [0.15, 0.2) is 0 Å². The Hall–Kier alpha value is -3.83. The van der Waals surface area contributed by atoms with Crippen molar-refractivity contribution in [1.29, 1.82) is 0 Å². The predicted molar refractivity (Wildman–Crippen MR) is 140 cm³/mol. The second-order valence-electron chi connectivity index (χ2n) is 9.04. The lowest BCUT2D eigenvalue weighted by Gasteiger charge is -2.34. The summed E-state index contributed by atoms with van der Waals surface area (Å²) in [6, 6.07) is 7.31. The summed E-state index contributed by atoms with van der Waals surface area (Å²) in [6.45, 7) is 8.08. The predicted octanol–water partition coefficient (Wildman–Crippen LogP) is 0.463. The van der Waals surface area contributed by atoms with Crippen LogP contribution >= 0.6 is 0 Å². The number of amides is 2. The Morgan fingerprint density at radius 2 is 1.95 bits per heavy atom. The number of carbonyl (C=O) groups is 2. The van der Waals surface area contributed by atoms with Crippen molar-refractivity contribution in [2.45, 2.75) is 39.3 Å². The molecule has 11 nitrogen and oxygen atoms in total. The smallest absolute Gasteiger partial charge is 0.256 e. The molecule has 1 aliphatic rings. The zero-order valence-electron chi connectivity index (χ0n) is 21.2. The standard InChI is InChI=1S/C26H33N7O4/c1-3-32-9-10-37-15-19(32)14-30-21(34)12-17-6-5-16(13-29-17)11-18-7-8-20-23(35)22(25(28)36)24(27)33(4-2)26(20)31-18/h5-8,13,19H,3-4,9-12,14-15,27H2,1-2H3,(H2,28,36)(H,30,34). The highest BCUT2D eigenvalue weighted by Crippen LogP contribution is 2.18. The van der Waals surface area contributed by atoms with Crippen molar-refractivity contribution in [3.8, 4) is 0 Å². The van der Waals surface area contributed by atoms with E-state index in [1.807, 2.05) is 19.1 Å². The summed E-state index contributed by atoms with van der Waals surface area (Å²) in [5, 5.41) is 3.28. The molecule has 3 aromatic rings. The number of hydrogen-bond acceptors (Lipinski definition) is 8. The molecule has 0 bridgehead atoms. The van der Waals surface area contributed by atoms with E-state index in [2.05, 4.69) is 27.1 Å². The van der Waals surface area contributed by atoms with E-state index in [9.17, 15) is 14.4 Å². The van der Waals surface area contributed by atoms with Gasteiger partial charge in [0.05, 0.1) is 31.1 Å². The number of morpholine rings is 1. The number of fused-ring (bicyclic) bond motifs is 1. The number of ether oxygens (including phenoxy) is 1. The normalized spacial score (nSPS) is 16.1. The summed E-state index contributed by atoms with van der Waals surface area (Å²) in [4.78, 5) is 48.3. The SMILES string of the molecule is CCN1CCOCC1CNC(=O)Cc1ccc(Cc2ccc3c(=O)c(C(N)=O)c(N)n(CC)c3n2)cn1. The quantitative estimate of drug-likeness (QED) is 0.377. The van der Waals surface area contributed by atoms with Crippen LogP contribution < -0.4 is 22.2 Å². The van der Waals surface area contributed by atoms with Crippen molar-refractivity contribution < 1.29 is 14.3 Å². The Morgan fingerprint density at radius 1 is 1.16 bits per heavy atom. The minimum Gasteiger partial charge on any atom is -0.384 e. The second kappa shape index (κ2) is 11.5. The number of hydrogen-bond donors (Lipinski definition) is 3. The second-order valence-corrected chi connectivity index (χ2v) is 9.04. The number of rotatable bonds is 9. The fraction of sp³-hybridized carbons (Fsp3) is 0.423. The van der Waals surface area contributed by atoms with Crippen LogP contribution in [-0.2, 0) is 28.9 Å². The number of nitrogens with two attached hydrogens (primary N) is 2. The van der Waals surface area contributed by atoms with Crippen molar-refractivity contribution in [3.05, 3.63) is 63.2 Å². The first-order valence-corrected chi connectivity index (χ1v) is 12.5. The first-order valence-electron chi connectivity index (χ1n) is 12.5. The molecule has 1 atom stereocenters. The molecule has 1 fully saturated rings. The number of pyridine rings is 3. The average Bonchev–Trinajstić information content (AvgIpc) is 2.89. The van der Waals surface area contributed by atoms with Crippen LogP contribution in [0, 0.1) is 0 Å². The lowest BCUT2D eigenvalue weighted by Crippen LogP contribution is -2.51. The fourth-order valence-electron chi connectivity index (χ4n) is 4.65. The molecule has 0 spiro atoms. The number of nitrogens with one attached hydrogen (secondary N) is 1. The van der Waals surface area contributed by atoms with E-state index in [1.165, 1.54) is 0 Å². The Morgan fingerprint density at radius 3 is 2.62 bits per heavy atom. The van der Waals surface area contributed by atoms with Crippen LogP contribution in [0.15, 0.2) is 35.3 Å². The molecule has 37 heavy (non-hydrogen) atoms. The number of nitrogen functional groups attached to an aromatic ring is 1. The third kappa shape index (κ3) is 5.78. The maximum absolute atomic E-state index is 12.7. The maximum atomic E-state index is 12.7. The van der Waals surface area contributed by atoms with Crippen molar-refractivity contribution in [2.24, 2.45) is 5.73 Å². The molecule has 11 heteroatoms. The molecule has 4 heterocycles. The molecule has 0 saturated carbocycles. The van der Waals surface area contributed by atoms with Crippen LogP contribution in [0.1, 0.15) is 41.2 Å². The topological polar surface area (TPSA) is 158 Å². The minimum absolute atomic E-state index is 0.0138. The molecule has 196 valence electrons. The monoisotopic (exact) mass is 507 g/mol. The number of aromatic nitrogens is 3. The van der Waals surface area contributed by atoms with Gasteiger partial charge < -0.3 is 26.1 Å². The first kappa shape index (κ1) is 26.2. The van der Waals surface area contributed by atoms with Gasteiger partial charge in [0.25, 0.3) is 5.91 Å². The lowest BCUT2D eigenvalue weighted by molar-refractivity contribution is -0.121. The van der Waals surface area contributed by atoms with Crippen LogP contribution in [0.5, 0.6) is 0 Å². The van der Waals surface area contributed by atoms with Crippen LogP contribution in [-0.4, -0.2) is 70.1 Å². The molecule has 5 N–H and O–H groups in total. The molecule has 2 amide bonds. The highest BCUT2D eigenvalue weighted by atomic mass is 16.5. The van der Waals surface area contributed by atoms with Crippen LogP contribution in [0.25, 0.3) is 11.0 Å². The van der Waals surface area contributed by atoms with Gasteiger partial charge >= 0.3 is 0 Å². The summed E-state index contributed by atoms with van der Waals surface area (Å²) in [6.07, 6.45) is 2.39. The van der Waals surface area contributed by atoms with Gasteiger partial charge in [-0.2, -0.15) is 0 Å². The van der Waals surface area contributed by atoms with Crippen LogP contribution in [0.4, 0.5) is 5.82 Å². The van der Waals surface area contributed by atoms with Gasteiger partial charge in [-0.1, -0.05) is 13.0 Å². The van der Waals surface area contributed by atoms with Gasteiger partial charge in [-0.05, 0) is 37.2 Å². The van der Waals surface area contributed by atoms with Crippen molar-refractivity contribution >= 4 is 28.7 Å². The highest BCUT2D eigenvalue weighted by Gasteiger charge is 2.22. The highest BCUT2D eigenvalue weighted by molar-refractivity contribution is 6.00. The number of aryl methyl sites for hydroxylation is 1. The summed E-state index contributed by atoms with van der Waals surface area (Å²) < 4.78 is 7.15. The summed E-state index contributed by atoms with van der Waals surface area (Å²) >= 11 is 0. The van der Waals surface area contributed by atoms with Crippen molar-refractivity contribution in [1.82, 2.24) is 24.8 Å². The summed E-state index contributed by atoms with van der Waals surface area (Å²) in [5.41, 5.74) is 13.4. The maximum Gasteiger partial charge on any atom is 0.256 e. The van der Waals surface area contributed by atoms with Gasteiger partial charge in [-0.25, -0.2) is 4.98 Å². The number of anilines is 1. The third-order valence-corrected chi connectivity index (χ3v) is 6.67. The van der Waals surface area contributed by atoms with E-state index in [0.29, 0.717) is 43.2 Å².